The maximum atomic E-state index is 12.8. The van der Waals surface area contributed by atoms with Crippen LogP contribution in [0, 0.1) is 0 Å². The second kappa shape index (κ2) is 5.84. The average molecular weight is 345 g/mol. The summed E-state index contributed by atoms with van der Waals surface area (Å²) in [5.41, 5.74) is -1.09. The fourth-order valence-electron chi connectivity index (χ4n) is 2.55. The Balaban J connectivity index is 1.84. The first-order valence-electron chi connectivity index (χ1n) is 6.91. The molecule has 122 valence electrons. The molecular formula is C14H12ClF3N4O. The van der Waals surface area contributed by atoms with Gasteiger partial charge in [-0.3, -0.25) is 4.79 Å². The molecule has 9 heteroatoms. The molecule has 0 aliphatic carbocycles. The molecule has 1 aliphatic heterocycles. The molecule has 0 saturated carbocycles. The molecule has 5 nitrogen and oxygen atoms in total. The van der Waals surface area contributed by atoms with E-state index in [-0.39, 0.29) is 16.6 Å². The number of rotatable bonds is 2. The van der Waals surface area contributed by atoms with Crippen LogP contribution in [-0.2, 0) is 12.7 Å². The second-order valence-electron chi connectivity index (χ2n) is 5.24. The molecule has 1 N–H and O–H groups in total. The summed E-state index contributed by atoms with van der Waals surface area (Å²) < 4.78 is 40.1. The number of carbonyl (C=O) groups excluding carboxylic acids is 1. The molecule has 1 aliphatic rings. The fourth-order valence-corrected chi connectivity index (χ4v) is 2.79. The number of aryl methyl sites for hydroxylation is 1. The van der Waals surface area contributed by atoms with Crippen molar-refractivity contribution < 1.29 is 18.0 Å². The van der Waals surface area contributed by atoms with Crippen molar-refractivity contribution in [2.24, 2.45) is 0 Å². The first-order valence-corrected chi connectivity index (χ1v) is 7.29. The Morgan fingerprint density at radius 1 is 1.35 bits per heavy atom. The van der Waals surface area contributed by atoms with Crippen molar-refractivity contribution >= 4 is 17.5 Å². The van der Waals surface area contributed by atoms with Crippen molar-refractivity contribution in [3.05, 3.63) is 46.5 Å². The number of halogens is 4. The minimum atomic E-state index is -4.56. The van der Waals surface area contributed by atoms with Crippen molar-refractivity contribution in [1.82, 2.24) is 20.1 Å². The zero-order chi connectivity index (χ0) is 16.6. The van der Waals surface area contributed by atoms with E-state index in [1.54, 1.807) is 4.68 Å². The molecule has 1 atom stereocenters. The van der Waals surface area contributed by atoms with Gasteiger partial charge in [-0.25, -0.2) is 9.67 Å². The van der Waals surface area contributed by atoms with E-state index in [4.69, 9.17) is 11.6 Å². The average Bonchev–Trinajstić information content (AvgIpc) is 2.95. The molecule has 0 radical (unpaired) electrons. The Morgan fingerprint density at radius 2 is 2.13 bits per heavy atom. The van der Waals surface area contributed by atoms with E-state index in [1.807, 2.05) is 0 Å². The lowest BCUT2D eigenvalue weighted by Crippen LogP contribution is -2.33. The van der Waals surface area contributed by atoms with Crippen LogP contribution in [0.25, 0.3) is 0 Å². The zero-order valence-corrected chi connectivity index (χ0v) is 12.5. The molecule has 1 amide bonds. The van der Waals surface area contributed by atoms with Crippen molar-refractivity contribution in [1.29, 1.82) is 0 Å². The highest BCUT2D eigenvalue weighted by molar-refractivity contribution is 6.31. The van der Waals surface area contributed by atoms with Crippen molar-refractivity contribution in [3.8, 4) is 0 Å². The van der Waals surface area contributed by atoms with Gasteiger partial charge in [-0.2, -0.15) is 18.3 Å². The molecule has 0 bridgehead atoms. The standard InChI is InChI=1S/C14H12ClF3N4O/c15-10-5-8(4-9(6-10)14(16,17)18)13(23)21-11-2-1-3-22-12(11)19-7-20-22/h4-7,11H,1-3H2,(H,21,23). The van der Waals surface area contributed by atoms with E-state index in [1.165, 1.54) is 12.4 Å². The number of amides is 1. The highest BCUT2D eigenvalue weighted by atomic mass is 35.5. The number of nitrogens with one attached hydrogen (secondary N) is 1. The van der Waals surface area contributed by atoms with Crippen LogP contribution in [0.1, 0.15) is 40.6 Å². The van der Waals surface area contributed by atoms with Crippen LogP contribution in [0.5, 0.6) is 0 Å². The third-order valence-corrected chi connectivity index (χ3v) is 3.83. The summed E-state index contributed by atoms with van der Waals surface area (Å²) in [6.07, 6.45) is -1.73. The van der Waals surface area contributed by atoms with Crippen LogP contribution in [0.15, 0.2) is 24.5 Å². The smallest absolute Gasteiger partial charge is 0.342 e. The summed E-state index contributed by atoms with van der Waals surface area (Å²) in [5, 5.41) is 6.59. The predicted octanol–water partition coefficient (Wildman–Crippen LogP) is 3.22. The summed E-state index contributed by atoms with van der Waals surface area (Å²) >= 11 is 5.70. The summed E-state index contributed by atoms with van der Waals surface area (Å²) in [6.45, 7) is 0.705. The van der Waals surface area contributed by atoms with E-state index in [9.17, 15) is 18.0 Å². The Morgan fingerprint density at radius 3 is 2.87 bits per heavy atom. The van der Waals surface area contributed by atoms with Crippen LogP contribution in [0.4, 0.5) is 13.2 Å². The lowest BCUT2D eigenvalue weighted by Gasteiger charge is -2.23. The molecule has 1 unspecified atom stereocenters. The summed E-state index contributed by atoms with van der Waals surface area (Å²) in [4.78, 5) is 16.4. The van der Waals surface area contributed by atoms with Gasteiger partial charge in [0.15, 0.2) is 0 Å². The minimum absolute atomic E-state index is 0.138. The van der Waals surface area contributed by atoms with Gasteiger partial charge in [0.1, 0.15) is 12.2 Å². The third kappa shape index (κ3) is 3.31. The van der Waals surface area contributed by atoms with E-state index in [0.717, 1.165) is 18.6 Å². The minimum Gasteiger partial charge on any atom is -0.342 e. The molecule has 1 aromatic heterocycles. The van der Waals surface area contributed by atoms with Gasteiger partial charge < -0.3 is 5.32 Å². The number of hydrogen-bond acceptors (Lipinski definition) is 3. The van der Waals surface area contributed by atoms with E-state index in [2.05, 4.69) is 15.4 Å². The number of hydrogen-bond donors (Lipinski definition) is 1. The molecule has 3 rings (SSSR count). The largest absolute Gasteiger partial charge is 0.416 e. The van der Waals surface area contributed by atoms with Crippen molar-refractivity contribution in [2.45, 2.75) is 31.6 Å². The van der Waals surface area contributed by atoms with Gasteiger partial charge in [-0.15, -0.1) is 0 Å². The first kappa shape index (κ1) is 15.8. The van der Waals surface area contributed by atoms with Gasteiger partial charge in [0.25, 0.3) is 5.91 Å². The number of aromatic nitrogens is 3. The fraction of sp³-hybridized carbons (Fsp3) is 0.357. The van der Waals surface area contributed by atoms with Gasteiger partial charge in [0.2, 0.25) is 0 Å². The van der Waals surface area contributed by atoms with Crippen molar-refractivity contribution in [2.75, 3.05) is 0 Å². The summed E-state index contributed by atoms with van der Waals surface area (Å²) in [5.74, 6) is -0.0258. The Labute approximate surface area is 134 Å². The molecule has 23 heavy (non-hydrogen) atoms. The SMILES string of the molecule is O=C(NC1CCCn2ncnc21)c1cc(Cl)cc(C(F)(F)F)c1. The molecule has 0 fully saturated rings. The normalized spacial score (nSPS) is 17.7. The van der Waals surface area contributed by atoms with E-state index >= 15 is 0 Å². The van der Waals surface area contributed by atoms with Gasteiger partial charge in [0, 0.05) is 17.1 Å². The highest BCUT2D eigenvalue weighted by Crippen LogP contribution is 2.32. The summed E-state index contributed by atoms with van der Waals surface area (Å²) in [7, 11) is 0. The Hall–Kier alpha value is -2.09. The van der Waals surface area contributed by atoms with Gasteiger partial charge in [0.05, 0.1) is 11.6 Å². The maximum absolute atomic E-state index is 12.8. The number of alkyl halides is 3. The molecular weight excluding hydrogens is 333 g/mol. The Bertz CT molecular complexity index is 744. The second-order valence-corrected chi connectivity index (χ2v) is 5.67. The number of carbonyl (C=O) groups is 1. The molecule has 1 aromatic carbocycles. The number of fused-ring (bicyclic) bond motifs is 1. The zero-order valence-electron chi connectivity index (χ0n) is 11.8. The topological polar surface area (TPSA) is 59.8 Å². The van der Waals surface area contributed by atoms with Gasteiger partial charge in [-0.1, -0.05) is 11.6 Å². The molecule has 2 heterocycles. The molecule has 0 spiro atoms. The maximum Gasteiger partial charge on any atom is 0.416 e. The van der Waals surface area contributed by atoms with Gasteiger partial charge in [-0.05, 0) is 31.0 Å². The molecule has 2 aromatic rings. The lowest BCUT2D eigenvalue weighted by molar-refractivity contribution is -0.137. The number of benzene rings is 1. The van der Waals surface area contributed by atoms with Crippen LogP contribution in [0.3, 0.4) is 0 Å². The first-order chi connectivity index (χ1) is 10.8. The van der Waals surface area contributed by atoms with Crippen LogP contribution in [-0.4, -0.2) is 20.7 Å². The van der Waals surface area contributed by atoms with E-state index < -0.39 is 17.6 Å². The van der Waals surface area contributed by atoms with Crippen LogP contribution < -0.4 is 5.32 Å². The number of nitrogens with zero attached hydrogens (tertiary/aromatic N) is 3. The van der Waals surface area contributed by atoms with Crippen LogP contribution >= 0.6 is 11.6 Å². The van der Waals surface area contributed by atoms with Crippen LogP contribution in [0.2, 0.25) is 5.02 Å². The van der Waals surface area contributed by atoms with Crippen molar-refractivity contribution in [3.63, 3.8) is 0 Å². The Kier molecular flexibility index (Phi) is 4.01. The quantitative estimate of drug-likeness (QED) is 0.910. The lowest BCUT2D eigenvalue weighted by atomic mass is 10.1. The van der Waals surface area contributed by atoms with E-state index in [0.29, 0.717) is 18.8 Å². The monoisotopic (exact) mass is 344 g/mol. The van der Waals surface area contributed by atoms with Gasteiger partial charge >= 0.3 is 6.18 Å². The summed E-state index contributed by atoms with van der Waals surface area (Å²) in [6, 6.07) is 2.40. The predicted molar refractivity (Wildman–Crippen MR) is 75.9 cm³/mol. The third-order valence-electron chi connectivity index (χ3n) is 3.61. The highest BCUT2D eigenvalue weighted by Gasteiger charge is 2.32. The molecule has 0 saturated heterocycles.